The smallest absolute Gasteiger partial charge is 0.0844 e. The average Bonchev–Trinajstić information content (AvgIpc) is 2.06. The minimum absolute atomic E-state index is 0.0283. The molecule has 1 aromatic rings. The molecule has 0 fully saturated rings. The van der Waals surface area contributed by atoms with Gasteiger partial charge in [0.15, 0.2) is 0 Å². The molecule has 0 amide bonds. The minimum atomic E-state index is -0.0283. The van der Waals surface area contributed by atoms with Crippen LogP contribution in [0.5, 0.6) is 0 Å². The zero-order valence-corrected chi connectivity index (χ0v) is 10.1. The number of rotatable bonds is 2. The molecular weight excluding hydrogens is 244 g/mol. The Balaban J connectivity index is 2.97. The Morgan fingerprint density at radius 3 is 2.36 bits per heavy atom. The Morgan fingerprint density at radius 2 is 1.86 bits per heavy atom. The molecule has 0 aliphatic rings. The van der Waals surface area contributed by atoms with Crippen LogP contribution in [0.1, 0.15) is 20.8 Å². The highest BCUT2D eigenvalue weighted by Crippen LogP contribution is 2.27. The van der Waals surface area contributed by atoms with E-state index < -0.39 is 0 Å². The van der Waals surface area contributed by atoms with Gasteiger partial charge in [-0.05, 0) is 39.0 Å². The van der Waals surface area contributed by atoms with Crippen molar-refractivity contribution in [3.63, 3.8) is 0 Å². The molecule has 0 atom stereocenters. The second-order valence-corrected chi connectivity index (χ2v) is 5.09. The predicted octanol–water partition coefficient (Wildman–Crippen LogP) is 3.46. The lowest BCUT2D eigenvalue weighted by Crippen LogP contribution is -2.26. The molecule has 0 bridgehead atoms. The SMILES string of the molecule is CC(C)(C)Nc1ccc(Br)cc1NO. The monoisotopic (exact) mass is 258 g/mol. The van der Waals surface area contributed by atoms with E-state index in [1.165, 1.54) is 0 Å². The standard InChI is InChI=1S/C10H15BrN2O/c1-10(2,3)12-8-5-4-7(11)6-9(8)13-14/h4-6,12-14H,1-3H3. The van der Waals surface area contributed by atoms with E-state index in [4.69, 9.17) is 5.21 Å². The van der Waals surface area contributed by atoms with Gasteiger partial charge in [0.05, 0.1) is 11.4 Å². The number of nitrogens with one attached hydrogen (secondary N) is 2. The molecule has 3 nitrogen and oxygen atoms in total. The maximum Gasteiger partial charge on any atom is 0.0844 e. The van der Waals surface area contributed by atoms with E-state index in [1.54, 1.807) is 0 Å². The molecular formula is C10H15BrN2O. The fourth-order valence-electron chi connectivity index (χ4n) is 1.12. The molecule has 0 heterocycles. The van der Waals surface area contributed by atoms with Gasteiger partial charge in [-0.2, -0.15) is 0 Å². The summed E-state index contributed by atoms with van der Waals surface area (Å²) in [4.78, 5) is 0. The quantitative estimate of drug-likeness (QED) is 0.712. The van der Waals surface area contributed by atoms with Gasteiger partial charge in [-0.3, -0.25) is 10.7 Å². The third kappa shape index (κ3) is 3.20. The molecule has 1 rings (SSSR count). The molecule has 0 aliphatic heterocycles. The van der Waals surface area contributed by atoms with E-state index in [1.807, 2.05) is 18.2 Å². The van der Waals surface area contributed by atoms with Crippen LogP contribution in [0.3, 0.4) is 0 Å². The molecule has 0 saturated heterocycles. The Labute approximate surface area is 92.6 Å². The van der Waals surface area contributed by atoms with Crippen LogP contribution in [0.25, 0.3) is 0 Å². The van der Waals surface area contributed by atoms with Crippen molar-refractivity contribution in [2.45, 2.75) is 26.3 Å². The first-order valence-electron chi connectivity index (χ1n) is 4.40. The van der Waals surface area contributed by atoms with E-state index in [0.717, 1.165) is 10.2 Å². The topological polar surface area (TPSA) is 44.3 Å². The zero-order chi connectivity index (χ0) is 10.8. The van der Waals surface area contributed by atoms with Crippen molar-refractivity contribution < 1.29 is 5.21 Å². The van der Waals surface area contributed by atoms with Crippen LogP contribution < -0.4 is 10.8 Å². The van der Waals surface area contributed by atoms with Crippen molar-refractivity contribution >= 4 is 27.3 Å². The van der Waals surface area contributed by atoms with Gasteiger partial charge in [-0.25, -0.2) is 0 Å². The van der Waals surface area contributed by atoms with Crippen molar-refractivity contribution in [2.24, 2.45) is 0 Å². The molecule has 0 aliphatic carbocycles. The lowest BCUT2D eigenvalue weighted by atomic mass is 10.1. The maximum atomic E-state index is 8.93. The van der Waals surface area contributed by atoms with Crippen LogP contribution in [-0.4, -0.2) is 10.7 Å². The summed E-state index contributed by atoms with van der Waals surface area (Å²) in [6.07, 6.45) is 0. The summed E-state index contributed by atoms with van der Waals surface area (Å²) in [7, 11) is 0. The molecule has 0 saturated carbocycles. The average molecular weight is 259 g/mol. The van der Waals surface area contributed by atoms with E-state index in [2.05, 4.69) is 47.5 Å². The summed E-state index contributed by atoms with van der Waals surface area (Å²) in [6.45, 7) is 6.20. The van der Waals surface area contributed by atoms with Crippen molar-refractivity contribution in [3.05, 3.63) is 22.7 Å². The van der Waals surface area contributed by atoms with Crippen molar-refractivity contribution in [2.75, 3.05) is 10.8 Å². The van der Waals surface area contributed by atoms with E-state index >= 15 is 0 Å². The number of hydrogen-bond acceptors (Lipinski definition) is 3. The second-order valence-electron chi connectivity index (χ2n) is 4.18. The van der Waals surface area contributed by atoms with Gasteiger partial charge in [-0.15, -0.1) is 0 Å². The Morgan fingerprint density at radius 1 is 1.21 bits per heavy atom. The van der Waals surface area contributed by atoms with Crippen LogP contribution in [0.2, 0.25) is 0 Å². The first kappa shape index (κ1) is 11.3. The van der Waals surface area contributed by atoms with Crippen LogP contribution >= 0.6 is 15.9 Å². The molecule has 14 heavy (non-hydrogen) atoms. The van der Waals surface area contributed by atoms with Crippen LogP contribution in [0.4, 0.5) is 11.4 Å². The third-order valence-electron chi connectivity index (χ3n) is 1.61. The lowest BCUT2D eigenvalue weighted by molar-refractivity contribution is 0.389. The molecule has 1 aromatic carbocycles. The highest BCUT2D eigenvalue weighted by Gasteiger charge is 2.11. The molecule has 0 spiro atoms. The number of anilines is 2. The number of halogens is 1. The predicted molar refractivity (Wildman–Crippen MR) is 62.9 cm³/mol. The Bertz CT molecular complexity index is 320. The highest BCUT2D eigenvalue weighted by atomic mass is 79.9. The number of benzene rings is 1. The van der Waals surface area contributed by atoms with Gasteiger partial charge in [0, 0.05) is 10.0 Å². The largest absolute Gasteiger partial charge is 0.379 e. The van der Waals surface area contributed by atoms with Crippen molar-refractivity contribution in [1.82, 2.24) is 0 Å². The summed E-state index contributed by atoms with van der Waals surface area (Å²) in [6, 6.07) is 5.65. The second kappa shape index (κ2) is 4.19. The molecule has 3 N–H and O–H groups in total. The molecule has 4 heteroatoms. The lowest BCUT2D eigenvalue weighted by Gasteiger charge is -2.23. The zero-order valence-electron chi connectivity index (χ0n) is 8.56. The fraction of sp³-hybridized carbons (Fsp3) is 0.400. The van der Waals surface area contributed by atoms with Gasteiger partial charge < -0.3 is 5.32 Å². The minimum Gasteiger partial charge on any atom is -0.379 e. The van der Waals surface area contributed by atoms with E-state index in [9.17, 15) is 0 Å². The van der Waals surface area contributed by atoms with Crippen molar-refractivity contribution in [1.29, 1.82) is 0 Å². The number of hydrogen-bond donors (Lipinski definition) is 3. The third-order valence-corrected chi connectivity index (χ3v) is 2.10. The molecule has 0 aromatic heterocycles. The highest BCUT2D eigenvalue weighted by molar-refractivity contribution is 9.10. The van der Waals surface area contributed by atoms with Crippen LogP contribution in [0, 0.1) is 0 Å². The summed E-state index contributed by atoms with van der Waals surface area (Å²) in [5.41, 5.74) is 3.68. The molecule has 78 valence electrons. The summed E-state index contributed by atoms with van der Waals surface area (Å²) >= 11 is 3.34. The van der Waals surface area contributed by atoms with E-state index in [-0.39, 0.29) is 5.54 Å². The van der Waals surface area contributed by atoms with Gasteiger partial charge in [0.25, 0.3) is 0 Å². The fourth-order valence-corrected chi connectivity index (χ4v) is 1.48. The normalized spacial score (nSPS) is 11.2. The van der Waals surface area contributed by atoms with Gasteiger partial charge in [0.2, 0.25) is 0 Å². The maximum absolute atomic E-state index is 8.93. The van der Waals surface area contributed by atoms with Crippen LogP contribution in [0.15, 0.2) is 22.7 Å². The van der Waals surface area contributed by atoms with Crippen molar-refractivity contribution in [3.8, 4) is 0 Å². The van der Waals surface area contributed by atoms with E-state index in [0.29, 0.717) is 5.69 Å². The van der Waals surface area contributed by atoms with Gasteiger partial charge in [-0.1, -0.05) is 15.9 Å². The summed E-state index contributed by atoms with van der Waals surface area (Å²) in [5, 5.41) is 12.2. The molecule has 0 unspecified atom stereocenters. The first-order valence-corrected chi connectivity index (χ1v) is 5.19. The summed E-state index contributed by atoms with van der Waals surface area (Å²) in [5.74, 6) is 0. The Hall–Kier alpha value is -0.740. The summed E-state index contributed by atoms with van der Waals surface area (Å²) < 4.78 is 0.925. The Kier molecular flexibility index (Phi) is 3.39. The van der Waals surface area contributed by atoms with Crippen LogP contribution in [-0.2, 0) is 0 Å². The molecule has 0 radical (unpaired) electrons. The van der Waals surface area contributed by atoms with Gasteiger partial charge in [0.1, 0.15) is 0 Å². The van der Waals surface area contributed by atoms with Gasteiger partial charge >= 0.3 is 0 Å². The first-order chi connectivity index (χ1) is 6.42.